The van der Waals surface area contributed by atoms with E-state index >= 15 is 0 Å². The fraction of sp³-hybridized carbons (Fsp3) is 0.875. The molecule has 0 aromatic carbocycles. The van der Waals surface area contributed by atoms with Crippen LogP contribution in [0.25, 0.3) is 0 Å². The minimum Gasteiger partial charge on any atom is -0.469 e. The highest BCUT2D eigenvalue weighted by atomic mass is 31.1. The molecule has 0 aromatic heterocycles. The Morgan fingerprint density at radius 3 is 1.12 bits per heavy atom. The van der Waals surface area contributed by atoms with Crippen LogP contribution in [0.4, 0.5) is 0 Å². The van der Waals surface area contributed by atoms with E-state index in [1.165, 1.54) is 14.2 Å². The first-order valence-electron chi connectivity index (χ1n) is 7.55. The van der Waals surface area contributed by atoms with E-state index in [4.69, 9.17) is 9.47 Å². The van der Waals surface area contributed by atoms with Crippen LogP contribution < -0.4 is 0 Å². The molecule has 2 atom stereocenters. The topological polar surface area (TPSA) is 52.6 Å². The molecule has 0 bridgehead atoms. The Hall–Kier alpha value is -0.0701. The number of ether oxygens (including phenoxy) is 2. The highest BCUT2D eigenvalue weighted by Gasteiger charge is 2.31. The second-order valence-electron chi connectivity index (χ2n) is 7.34. The van der Waals surface area contributed by atoms with Crippen LogP contribution in [-0.4, -0.2) is 77.9 Å². The van der Waals surface area contributed by atoms with Crippen LogP contribution in [-0.2, 0) is 19.1 Å². The summed E-state index contributed by atoms with van der Waals surface area (Å²) in [5.74, 6) is -0.261. The van der Waals surface area contributed by atoms with Gasteiger partial charge in [0.25, 0.3) is 0 Å². The van der Waals surface area contributed by atoms with E-state index in [-0.39, 0.29) is 39.1 Å². The van der Waals surface area contributed by atoms with Crippen molar-refractivity contribution in [1.29, 1.82) is 0 Å². The maximum atomic E-state index is 11.7. The van der Waals surface area contributed by atoms with Gasteiger partial charge in [-0.25, -0.2) is 0 Å². The normalized spacial score (nSPS) is 13.8. The first-order chi connectivity index (χ1) is 9.91. The molecule has 0 saturated heterocycles. The third-order valence-electron chi connectivity index (χ3n) is 3.63. The number of hydrogen-bond donors (Lipinski definition) is 0. The van der Waals surface area contributed by atoms with Gasteiger partial charge in [0.1, 0.15) is 0 Å². The zero-order chi connectivity index (χ0) is 17.6. The largest absolute Gasteiger partial charge is 0.469 e. The molecule has 0 saturated carbocycles. The van der Waals surface area contributed by atoms with Crippen LogP contribution in [0.2, 0.25) is 0 Å². The van der Waals surface area contributed by atoms with Gasteiger partial charge in [-0.05, 0) is 22.6 Å². The number of carbonyl (C=O) groups is 2. The molecule has 0 spiro atoms. The molecule has 0 aliphatic rings. The summed E-state index contributed by atoms with van der Waals surface area (Å²) in [7, 11) is 1.95. The average Bonchev–Trinajstić information content (AvgIpc) is 2.38. The first kappa shape index (κ1) is 28.7. The molecule has 24 heavy (non-hydrogen) atoms. The van der Waals surface area contributed by atoms with Crippen molar-refractivity contribution in [2.75, 3.05) is 38.9 Å². The van der Waals surface area contributed by atoms with E-state index < -0.39 is 15.8 Å². The smallest absolute Gasteiger partial charge is 0.309 e. The van der Waals surface area contributed by atoms with Gasteiger partial charge in [-0.15, -0.1) is 0 Å². The number of carbonyl (C=O) groups excluding carboxylic acids is 2. The van der Waals surface area contributed by atoms with Gasteiger partial charge < -0.3 is 9.47 Å². The predicted molar refractivity (Wildman–Crippen MR) is 108 cm³/mol. The molecule has 0 heterocycles. The van der Waals surface area contributed by atoms with Gasteiger partial charge in [-0.3, -0.25) is 9.59 Å². The van der Waals surface area contributed by atoms with Crippen LogP contribution in [0, 0.1) is 0 Å². The Balaban J connectivity index is -0.00000220. The molecule has 0 aliphatic carbocycles. The molecule has 6 radical (unpaired) electrons. The predicted octanol–water partition coefficient (Wildman–Crippen LogP) is 3.13. The number of esters is 2. The van der Waals surface area contributed by atoms with Crippen molar-refractivity contribution in [2.45, 2.75) is 51.9 Å². The second-order valence-corrected chi connectivity index (χ2v) is 13.7. The molecular weight excluding hydrogens is 340 g/mol. The van der Waals surface area contributed by atoms with Crippen molar-refractivity contribution in [3.63, 3.8) is 0 Å². The summed E-state index contributed by atoms with van der Waals surface area (Å²) in [5, 5.41) is 0.210. The van der Waals surface area contributed by atoms with Gasteiger partial charge in [-0.1, -0.05) is 57.4 Å². The van der Waals surface area contributed by atoms with Crippen LogP contribution in [0.3, 0.4) is 0 Å². The van der Waals surface area contributed by atoms with E-state index in [0.29, 0.717) is 12.3 Å². The Kier molecular flexibility index (Phi) is 14.7. The van der Waals surface area contributed by atoms with E-state index in [0.717, 1.165) is 12.3 Å². The SMILES string of the molecule is COC(=O)C[P@](CC[P@@](CC(=O)OC)C(C)(C)C)C(C)(C)C.[B].[B]. The van der Waals surface area contributed by atoms with Crippen molar-refractivity contribution in [2.24, 2.45) is 0 Å². The lowest BCUT2D eigenvalue weighted by Crippen LogP contribution is -2.24. The van der Waals surface area contributed by atoms with E-state index in [2.05, 4.69) is 41.5 Å². The standard InChI is InChI=1S/C16H32O4P2.2B/c1-15(2,3)21(11-13(17)19-7)9-10-22(16(4,5)6)12-14(18)20-8;;/h9-12H2,1-8H3;;/t21-,22-;;/m0../s1. The zero-order valence-corrected chi connectivity index (χ0v) is 18.3. The van der Waals surface area contributed by atoms with Crippen molar-refractivity contribution >= 4 is 44.6 Å². The lowest BCUT2D eigenvalue weighted by Gasteiger charge is -2.35. The molecule has 136 valence electrons. The van der Waals surface area contributed by atoms with Crippen molar-refractivity contribution < 1.29 is 19.1 Å². The third kappa shape index (κ3) is 11.5. The van der Waals surface area contributed by atoms with Gasteiger partial charge in [0, 0.05) is 16.8 Å². The summed E-state index contributed by atoms with van der Waals surface area (Å²) in [4.78, 5) is 23.3. The summed E-state index contributed by atoms with van der Waals surface area (Å²) >= 11 is 0. The summed E-state index contributed by atoms with van der Waals surface area (Å²) in [5.41, 5.74) is 0. The molecular formula is C16H32B2O4P2. The minimum absolute atomic E-state index is 0. The van der Waals surface area contributed by atoms with Gasteiger partial charge in [0.05, 0.1) is 26.5 Å². The minimum atomic E-state index is -0.466. The molecule has 0 fully saturated rings. The van der Waals surface area contributed by atoms with Crippen LogP contribution in [0.1, 0.15) is 41.5 Å². The van der Waals surface area contributed by atoms with Crippen LogP contribution >= 0.6 is 15.8 Å². The second kappa shape index (κ2) is 12.3. The van der Waals surface area contributed by atoms with E-state index in [1.54, 1.807) is 0 Å². The van der Waals surface area contributed by atoms with Crippen molar-refractivity contribution in [3.8, 4) is 0 Å². The lowest BCUT2D eigenvalue weighted by atomic mass is 10.3. The van der Waals surface area contributed by atoms with Gasteiger partial charge >= 0.3 is 11.9 Å². The van der Waals surface area contributed by atoms with Crippen LogP contribution in [0.15, 0.2) is 0 Å². The molecule has 0 unspecified atom stereocenters. The number of methoxy groups -OCH3 is 2. The lowest BCUT2D eigenvalue weighted by molar-refractivity contribution is -0.138. The maximum absolute atomic E-state index is 11.7. The third-order valence-corrected chi connectivity index (χ3v) is 10.6. The molecule has 0 rings (SSSR count). The van der Waals surface area contributed by atoms with Gasteiger partial charge in [-0.2, -0.15) is 0 Å². The quantitative estimate of drug-likeness (QED) is 0.392. The molecule has 0 aromatic rings. The average molecular weight is 372 g/mol. The zero-order valence-electron chi connectivity index (χ0n) is 16.5. The number of rotatable bonds is 7. The Morgan fingerprint density at radius 2 is 0.958 bits per heavy atom. The molecule has 8 heteroatoms. The highest BCUT2D eigenvalue weighted by molar-refractivity contribution is 7.64. The fourth-order valence-corrected chi connectivity index (χ4v) is 7.40. The Bertz CT molecular complexity index is 343. The molecule has 0 aliphatic heterocycles. The van der Waals surface area contributed by atoms with Crippen molar-refractivity contribution in [1.82, 2.24) is 0 Å². The molecule has 4 nitrogen and oxygen atoms in total. The number of hydrogen-bond acceptors (Lipinski definition) is 4. The fourth-order valence-electron chi connectivity index (χ4n) is 1.99. The highest BCUT2D eigenvalue weighted by Crippen LogP contribution is 2.55. The first-order valence-corrected chi connectivity index (χ1v) is 11.0. The van der Waals surface area contributed by atoms with Crippen molar-refractivity contribution in [3.05, 3.63) is 0 Å². The van der Waals surface area contributed by atoms with Gasteiger partial charge in [0.2, 0.25) is 0 Å². The monoisotopic (exact) mass is 372 g/mol. The van der Waals surface area contributed by atoms with E-state index in [9.17, 15) is 9.59 Å². The van der Waals surface area contributed by atoms with Crippen LogP contribution in [0.5, 0.6) is 0 Å². The summed E-state index contributed by atoms with van der Waals surface area (Å²) in [6, 6.07) is 0. The Labute approximate surface area is 154 Å². The summed E-state index contributed by atoms with van der Waals surface area (Å²) in [6.45, 7) is 13.1. The van der Waals surface area contributed by atoms with Gasteiger partial charge in [0.15, 0.2) is 0 Å². The maximum Gasteiger partial charge on any atom is 0.309 e. The van der Waals surface area contributed by atoms with E-state index in [1.807, 2.05) is 0 Å². The molecule has 0 amide bonds. The molecule has 0 N–H and O–H groups in total. The summed E-state index contributed by atoms with van der Waals surface area (Å²) in [6.07, 6.45) is 2.99. The Morgan fingerprint density at radius 1 is 0.708 bits per heavy atom. The summed E-state index contributed by atoms with van der Waals surface area (Å²) < 4.78 is 9.68.